The van der Waals surface area contributed by atoms with Crippen LogP contribution in [-0.4, -0.2) is 42.8 Å². The summed E-state index contributed by atoms with van der Waals surface area (Å²) >= 11 is 12.0. The van der Waals surface area contributed by atoms with Gasteiger partial charge in [0.1, 0.15) is 5.60 Å². The molecule has 7 heteroatoms. The summed E-state index contributed by atoms with van der Waals surface area (Å²) in [6.45, 7) is 5.42. The highest BCUT2D eigenvalue weighted by Crippen LogP contribution is 2.25. The van der Waals surface area contributed by atoms with Gasteiger partial charge in [-0.1, -0.05) is 29.3 Å². The maximum Gasteiger partial charge on any atom is 0.410 e. The molecule has 140 valence electrons. The predicted molar refractivity (Wildman–Crippen MR) is 99.2 cm³/mol. The number of ether oxygens (including phenoxy) is 2. The summed E-state index contributed by atoms with van der Waals surface area (Å²) in [5, 5.41) is 0.919. The Bertz CT molecular complexity index is 614. The number of carbonyl (C=O) groups excluding carboxylic acids is 2. The number of hydrogen-bond acceptors (Lipinski definition) is 4. The summed E-state index contributed by atoms with van der Waals surface area (Å²) in [7, 11) is 3.00. The van der Waals surface area contributed by atoms with E-state index in [0.717, 1.165) is 5.56 Å². The summed E-state index contributed by atoms with van der Waals surface area (Å²) in [6.07, 6.45) is 0.726. The van der Waals surface area contributed by atoms with E-state index in [1.54, 1.807) is 40.0 Å². The third kappa shape index (κ3) is 7.53. The quantitative estimate of drug-likeness (QED) is 0.660. The van der Waals surface area contributed by atoms with E-state index in [1.807, 2.05) is 6.07 Å². The van der Waals surface area contributed by atoms with E-state index in [2.05, 4.69) is 0 Å². The van der Waals surface area contributed by atoms with Gasteiger partial charge in [0, 0.05) is 19.5 Å². The molecule has 0 N–H and O–H groups in total. The molecule has 5 nitrogen and oxygen atoms in total. The number of amides is 1. The lowest BCUT2D eigenvalue weighted by molar-refractivity contribution is -0.141. The Balaban J connectivity index is 2.92. The Morgan fingerprint density at radius 2 is 1.84 bits per heavy atom. The fourth-order valence-electron chi connectivity index (χ4n) is 2.24. The number of benzene rings is 1. The molecule has 1 amide bonds. The zero-order chi connectivity index (χ0) is 19.2. The Hall–Kier alpha value is -1.46. The molecule has 1 aromatic rings. The molecule has 0 aliphatic heterocycles. The number of nitrogens with zero attached hydrogens (tertiary/aromatic N) is 1. The fourth-order valence-corrected chi connectivity index (χ4v) is 2.56. The van der Waals surface area contributed by atoms with Crippen molar-refractivity contribution in [2.45, 2.75) is 51.7 Å². The highest BCUT2D eigenvalue weighted by atomic mass is 35.5. The van der Waals surface area contributed by atoms with E-state index < -0.39 is 11.7 Å². The smallest absolute Gasteiger partial charge is 0.410 e. The molecule has 0 bridgehead atoms. The molecular weight excluding hydrogens is 365 g/mol. The second-order valence-corrected chi connectivity index (χ2v) is 7.63. The SMILES string of the molecule is COC(=O)CCC(Cc1ccc(Cl)c(Cl)c1)N(C)C(=O)OC(C)(C)C. The first-order chi connectivity index (χ1) is 11.5. The van der Waals surface area contributed by atoms with Gasteiger partial charge in [0.2, 0.25) is 0 Å². The Morgan fingerprint density at radius 3 is 2.36 bits per heavy atom. The average molecular weight is 390 g/mol. The lowest BCUT2D eigenvalue weighted by Gasteiger charge is -2.31. The van der Waals surface area contributed by atoms with Gasteiger partial charge in [-0.15, -0.1) is 0 Å². The number of carbonyl (C=O) groups is 2. The van der Waals surface area contributed by atoms with Gasteiger partial charge < -0.3 is 14.4 Å². The third-order valence-electron chi connectivity index (χ3n) is 3.59. The van der Waals surface area contributed by atoms with Crippen LogP contribution in [0.3, 0.4) is 0 Å². The van der Waals surface area contributed by atoms with Gasteiger partial charge in [-0.25, -0.2) is 4.79 Å². The van der Waals surface area contributed by atoms with Crippen LogP contribution in [0.15, 0.2) is 18.2 Å². The molecule has 0 aromatic heterocycles. The molecule has 1 rings (SSSR count). The van der Waals surface area contributed by atoms with Crippen LogP contribution in [0.2, 0.25) is 10.0 Å². The number of rotatable bonds is 6. The van der Waals surface area contributed by atoms with Crippen molar-refractivity contribution >= 4 is 35.3 Å². The lowest BCUT2D eigenvalue weighted by atomic mass is 10.0. The van der Waals surface area contributed by atoms with Crippen molar-refractivity contribution < 1.29 is 19.1 Å². The number of methoxy groups -OCH3 is 1. The highest BCUT2D eigenvalue weighted by Gasteiger charge is 2.26. The van der Waals surface area contributed by atoms with Crippen LogP contribution in [0.5, 0.6) is 0 Å². The molecule has 25 heavy (non-hydrogen) atoms. The molecule has 0 saturated carbocycles. The summed E-state index contributed by atoms with van der Waals surface area (Å²) in [5.41, 5.74) is 0.321. The zero-order valence-corrected chi connectivity index (χ0v) is 16.8. The Kier molecular flexibility index (Phi) is 8.03. The summed E-state index contributed by atoms with van der Waals surface area (Å²) in [5.74, 6) is -0.322. The first-order valence-corrected chi connectivity index (χ1v) is 8.75. The molecule has 1 atom stereocenters. The maximum absolute atomic E-state index is 12.4. The van der Waals surface area contributed by atoms with Crippen molar-refractivity contribution in [1.82, 2.24) is 4.90 Å². The van der Waals surface area contributed by atoms with E-state index >= 15 is 0 Å². The molecule has 0 aliphatic carbocycles. The second kappa shape index (κ2) is 9.30. The Morgan fingerprint density at radius 1 is 1.20 bits per heavy atom. The van der Waals surface area contributed by atoms with Crippen LogP contribution in [0, 0.1) is 0 Å². The lowest BCUT2D eigenvalue weighted by Crippen LogP contribution is -2.42. The molecular formula is C18H25Cl2NO4. The Labute approximate surface area is 159 Å². The summed E-state index contributed by atoms with van der Waals surface area (Å²) in [6, 6.07) is 5.08. The molecule has 1 unspecified atom stereocenters. The van der Waals surface area contributed by atoms with Gasteiger partial charge in [0.05, 0.1) is 17.2 Å². The largest absolute Gasteiger partial charge is 0.469 e. The third-order valence-corrected chi connectivity index (χ3v) is 4.33. The van der Waals surface area contributed by atoms with E-state index in [4.69, 9.17) is 32.7 Å². The van der Waals surface area contributed by atoms with Crippen molar-refractivity contribution in [2.75, 3.05) is 14.2 Å². The van der Waals surface area contributed by atoms with Gasteiger partial charge in [0.25, 0.3) is 0 Å². The van der Waals surface area contributed by atoms with Crippen molar-refractivity contribution in [3.05, 3.63) is 33.8 Å². The molecule has 0 spiro atoms. The number of hydrogen-bond donors (Lipinski definition) is 0. The molecule has 0 saturated heterocycles. The van der Waals surface area contributed by atoms with Gasteiger partial charge in [-0.2, -0.15) is 0 Å². The minimum absolute atomic E-state index is 0.204. The van der Waals surface area contributed by atoms with E-state index in [0.29, 0.717) is 22.9 Å². The summed E-state index contributed by atoms with van der Waals surface area (Å²) < 4.78 is 10.1. The minimum Gasteiger partial charge on any atom is -0.469 e. The van der Waals surface area contributed by atoms with Gasteiger partial charge in [-0.05, 0) is 51.3 Å². The monoisotopic (exact) mass is 389 g/mol. The minimum atomic E-state index is -0.595. The highest BCUT2D eigenvalue weighted by molar-refractivity contribution is 6.42. The molecule has 1 aromatic carbocycles. The second-order valence-electron chi connectivity index (χ2n) is 6.81. The zero-order valence-electron chi connectivity index (χ0n) is 15.3. The predicted octanol–water partition coefficient (Wildman–Crippen LogP) is 4.72. The van der Waals surface area contributed by atoms with E-state index in [-0.39, 0.29) is 18.4 Å². The van der Waals surface area contributed by atoms with Crippen LogP contribution >= 0.6 is 23.2 Å². The van der Waals surface area contributed by atoms with Crippen LogP contribution < -0.4 is 0 Å². The maximum atomic E-state index is 12.4. The van der Waals surface area contributed by atoms with Gasteiger partial charge in [0.15, 0.2) is 0 Å². The first-order valence-electron chi connectivity index (χ1n) is 8.00. The summed E-state index contributed by atoms with van der Waals surface area (Å²) in [4.78, 5) is 25.4. The van der Waals surface area contributed by atoms with Crippen molar-refractivity contribution in [3.8, 4) is 0 Å². The van der Waals surface area contributed by atoms with Crippen molar-refractivity contribution in [3.63, 3.8) is 0 Å². The van der Waals surface area contributed by atoms with Gasteiger partial charge >= 0.3 is 12.1 Å². The van der Waals surface area contributed by atoms with Crippen LogP contribution in [0.1, 0.15) is 39.2 Å². The van der Waals surface area contributed by atoms with Crippen molar-refractivity contribution in [1.29, 1.82) is 0 Å². The van der Waals surface area contributed by atoms with E-state index in [1.165, 1.54) is 12.0 Å². The normalized spacial score (nSPS) is 12.4. The number of esters is 1. The van der Waals surface area contributed by atoms with Crippen LogP contribution in [0.25, 0.3) is 0 Å². The topological polar surface area (TPSA) is 55.8 Å². The number of halogens is 2. The molecule has 0 radical (unpaired) electrons. The molecule has 0 heterocycles. The van der Waals surface area contributed by atoms with Crippen molar-refractivity contribution in [2.24, 2.45) is 0 Å². The average Bonchev–Trinajstić information content (AvgIpc) is 2.52. The fraction of sp³-hybridized carbons (Fsp3) is 0.556. The number of likely N-dealkylation sites (N-methyl/N-ethyl adjacent to an activating group) is 1. The van der Waals surface area contributed by atoms with Gasteiger partial charge in [-0.3, -0.25) is 4.79 Å². The molecule has 0 aliphatic rings. The first kappa shape index (κ1) is 21.6. The molecule has 0 fully saturated rings. The van der Waals surface area contributed by atoms with E-state index in [9.17, 15) is 9.59 Å². The van der Waals surface area contributed by atoms with Crippen LogP contribution in [0.4, 0.5) is 4.79 Å². The standard InChI is InChI=1S/C18H25Cl2NO4/c1-18(2,3)25-17(23)21(4)13(7-9-16(22)24-5)10-12-6-8-14(19)15(20)11-12/h6,8,11,13H,7,9-10H2,1-5H3. The van der Waals surface area contributed by atoms with Crippen LogP contribution in [-0.2, 0) is 20.7 Å².